The van der Waals surface area contributed by atoms with Crippen LogP contribution in [0.25, 0.3) is 0 Å². The van der Waals surface area contributed by atoms with Gasteiger partial charge in [-0.25, -0.2) is 0 Å². The number of piperazine rings is 1. The average Bonchev–Trinajstić information content (AvgIpc) is 2.19. The summed E-state index contributed by atoms with van der Waals surface area (Å²) in [5.41, 5.74) is 2.80. The molecule has 2 nitrogen and oxygen atoms in total. The van der Waals surface area contributed by atoms with E-state index in [9.17, 15) is 0 Å². The molecule has 0 unspecified atom stereocenters. The van der Waals surface area contributed by atoms with Crippen molar-refractivity contribution >= 4 is 12.4 Å². The predicted octanol–water partition coefficient (Wildman–Crippen LogP) is 1.82. The van der Waals surface area contributed by atoms with Gasteiger partial charge in [0.2, 0.25) is 0 Å². The highest BCUT2D eigenvalue weighted by atomic mass is 35.5. The minimum Gasteiger partial charge on any atom is -0.314 e. The summed E-state index contributed by atoms with van der Waals surface area (Å²) in [6, 6.07) is 8.80. The van der Waals surface area contributed by atoms with Crippen molar-refractivity contribution in [2.45, 2.75) is 13.5 Å². The Morgan fingerprint density at radius 1 is 1.27 bits per heavy atom. The van der Waals surface area contributed by atoms with Gasteiger partial charge in [0.05, 0.1) is 0 Å². The Morgan fingerprint density at radius 3 is 2.67 bits per heavy atom. The van der Waals surface area contributed by atoms with Crippen molar-refractivity contribution in [2.75, 3.05) is 26.2 Å². The third-order valence-electron chi connectivity index (χ3n) is 2.70. The van der Waals surface area contributed by atoms with E-state index in [1.165, 1.54) is 24.2 Å². The molecule has 0 saturated carbocycles. The number of nitrogens with one attached hydrogen (secondary N) is 1. The molecule has 0 bridgehead atoms. The van der Waals surface area contributed by atoms with E-state index in [-0.39, 0.29) is 12.4 Å². The Kier molecular flexibility index (Phi) is 5.09. The van der Waals surface area contributed by atoms with Crippen molar-refractivity contribution in [3.63, 3.8) is 0 Å². The fourth-order valence-electron chi connectivity index (χ4n) is 1.94. The zero-order chi connectivity index (χ0) is 9.80. The maximum absolute atomic E-state index is 3.37. The minimum atomic E-state index is 0. The highest BCUT2D eigenvalue weighted by Crippen LogP contribution is 2.07. The smallest absolute Gasteiger partial charge is 0.0234 e. The van der Waals surface area contributed by atoms with Crippen LogP contribution in [0, 0.1) is 6.92 Å². The lowest BCUT2D eigenvalue weighted by Gasteiger charge is -2.27. The molecule has 0 spiro atoms. The topological polar surface area (TPSA) is 15.3 Å². The van der Waals surface area contributed by atoms with Gasteiger partial charge in [-0.1, -0.05) is 29.8 Å². The molecule has 0 radical (unpaired) electrons. The van der Waals surface area contributed by atoms with Gasteiger partial charge in [-0.05, 0) is 12.5 Å². The summed E-state index contributed by atoms with van der Waals surface area (Å²) >= 11 is 0. The van der Waals surface area contributed by atoms with Gasteiger partial charge in [0.15, 0.2) is 0 Å². The number of benzene rings is 1. The first-order chi connectivity index (χ1) is 6.84. The Hall–Kier alpha value is -0.570. The van der Waals surface area contributed by atoms with Crippen LogP contribution in [-0.2, 0) is 6.54 Å². The standard InChI is InChI=1S/C12H18N2.ClH/c1-11-3-2-4-12(9-11)10-14-7-5-13-6-8-14;/h2-4,9,13H,5-8,10H2,1H3;1H. The second kappa shape index (κ2) is 6.11. The van der Waals surface area contributed by atoms with Crippen molar-refractivity contribution < 1.29 is 0 Å². The van der Waals surface area contributed by atoms with Gasteiger partial charge in [0, 0.05) is 32.7 Å². The van der Waals surface area contributed by atoms with E-state index < -0.39 is 0 Å². The summed E-state index contributed by atoms with van der Waals surface area (Å²) in [7, 11) is 0. The first-order valence-corrected chi connectivity index (χ1v) is 5.33. The molecule has 1 saturated heterocycles. The Balaban J connectivity index is 0.00000112. The van der Waals surface area contributed by atoms with Crippen LogP contribution in [0.1, 0.15) is 11.1 Å². The molecule has 0 amide bonds. The van der Waals surface area contributed by atoms with Crippen molar-refractivity contribution in [2.24, 2.45) is 0 Å². The maximum atomic E-state index is 3.37. The third kappa shape index (κ3) is 3.82. The monoisotopic (exact) mass is 226 g/mol. The van der Waals surface area contributed by atoms with E-state index in [1.54, 1.807) is 0 Å². The fraction of sp³-hybridized carbons (Fsp3) is 0.500. The molecule has 0 aromatic heterocycles. The molecule has 1 aromatic carbocycles. The molecule has 15 heavy (non-hydrogen) atoms. The zero-order valence-electron chi connectivity index (χ0n) is 9.20. The van der Waals surface area contributed by atoms with Crippen molar-refractivity contribution in [1.82, 2.24) is 10.2 Å². The van der Waals surface area contributed by atoms with E-state index in [0.717, 1.165) is 19.6 Å². The molecule has 1 heterocycles. The molecule has 1 aromatic rings. The summed E-state index contributed by atoms with van der Waals surface area (Å²) in [5, 5.41) is 3.37. The van der Waals surface area contributed by atoms with Gasteiger partial charge in [-0.3, -0.25) is 4.90 Å². The molecular formula is C12H19ClN2. The van der Waals surface area contributed by atoms with Crippen LogP contribution in [-0.4, -0.2) is 31.1 Å². The van der Waals surface area contributed by atoms with Crippen LogP contribution >= 0.6 is 12.4 Å². The van der Waals surface area contributed by atoms with Crippen LogP contribution in [0.2, 0.25) is 0 Å². The summed E-state index contributed by atoms with van der Waals surface area (Å²) in [6.07, 6.45) is 0. The van der Waals surface area contributed by atoms with Gasteiger partial charge in [-0.15, -0.1) is 12.4 Å². The van der Waals surface area contributed by atoms with E-state index in [1.807, 2.05) is 0 Å². The van der Waals surface area contributed by atoms with Crippen LogP contribution in [0.4, 0.5) is 0 Å². The van der Waals surface area contributed by atoms with E-state index in [4.69, 9.17) is 0 Å². The van der Waals surface area contributed by atoms with Gasteiger partial charge in [0.25, 0.3) is 0 Å². The molecule has 0 aliphatic carbocycles. The molecule has 1 aliphatic heterocycles. The molecule has 1 aliphatic rings. The van der Waals surface area contributed by atoms with Crippen molar-refractivity contribution in [1.29, 1.82) is 0 Å². The maximum Gasteiger partial charge on any atom is 0.0234 e. The number of hydrogen-bond acceptors (Lipinski definition) is 2. The summed E-state index contributed by atoms with van der Waals surface area (Å²) in [5.74, 6) is 0. The van der Waals surface area contributed by atoms with Gasteiger partial charge >= 0.3 is 0 Å². The van der Waals surface area contributed by atoms with Gasteiger partial charge < -0.3 is 5.32 Å². The molecule has 1 fully saturated rings. The quantitative estimate of drug-likeness (QED) is 0.828. The lowest BCUT2D eigenvalue weighted by Crippen LogP contribution is -2.42. The fourth-order valence-corrected chi connectivity index (χ4v) is 1.94. The summed E-state index contributed by atoms with van der Waals surface area (Å²) in [6.45, 7) is 7.87. The van der Waals surface area contributed by atoms with Crippen LogP contribution in [0.3, 0.4) is 0 Å². The molecular weight excluding hydrogens is 208 g/mol. The normalized spacial score (nSPS) is 17.1. The van der Waals surface area contributed by atoms with E-state index in [0.29, 0.717) is 0 Å². The SMILES string of the molecule is Cc1cccc(CN2CCNCC2)c1.Cl. The number of hydrogen-bond donors (Lipinski definition) is 1. The molecule has 84 valence electrons. The first-order valence-electron chi connectivity index (χ1n) is 5.33. The predicted molar refractivity (Wildman–Crippen MR) is 66.6 cm³/mol. The lowest BCUT2D eigenvalue weighted by atomic mass is 10.1. The Bertz CT molecular complexity index is 295. The molecule has 0 atom stereocenters. The largest absolute Gasteiger partial charge is 0.314 e. The van der Waals surface area contributed by atoms with Crippen LogP contribution in [0.5, 0.6) is 0 Å². The summed E-state index contributed by atoms with van der Waals surface area (Å²) < 4.78 is 0. The summed E-state index contributed by atoms with van der Waals surface area (Å²) in [4.78, 5) is 2.51. The molecule has 3 heteroatoms. The number of halogens is 1. The van der Waals surface area contributed by atoms with E-state index in [2.05, 4.69) is 41.4 Å². The van der Waals surface area contributed by atoms with Crippen molar-refractivity contribution in [3.05, 3.63) is 35.4 Å². The van der Waals surface area contributed by atoms with Gasteiger partial charge in [-0.2, -0.15) is 0 Å². The van der Waals surface area contributed by atoms with Crippen LogP contribution < -0.4 is 5.32 Å². The second-order valence-corrected chi connectivity index (χ2v) is 4.02. The van der Waals surface area contributed by atoms with Crippen LogP contribution in [0.15, 0.2) is 24.3 Å². The third-order valence-corrected chi connectivity index (χ3v) is 2.70. The van der Waals surface area contributed by atoms with Gasteiger partial charge in [0.1, 0.15) is 0 Å². The Labute approximate surface area is 98.1 Å². The number of aryl methyl sites for hydroxylation is 1. The van der Waals surface area contributed by atoms with Crippen molar-refractivity contribution in [3.8, 4) is 0 Å². The highest BCUT2D eigenvalue weighted by Gasteiger charge is 2.09. The second-order valence-electron chi connectivity index (χ2n) is 4.02. The molecule has 2 rings (SSSR count). The minimum absolute atomic E-state index is 0. The number of nitrogens with zero attached hydrogens (tertiary/aromatic N) is 1. The Morgan fingerprint density at radius 2 is 2.00 bits per heavy atom. The molecule has 1 N–H and O–H groups in total. The number of rotatable bonds is 2. The first kappa shape index (κ1) is 12.5. The zero-order valence-corrected chi connectivity index (χ0v) is 10.0. The lowest BCUT2D eigenvalue weighted by molar-refractivity contribution is 0.233. The highest BCUT2D eigenvalue weighted by molar-refractivity contribution is 5.85. The van der Waals surface area contributed by atoms with E-state index >= 15 is 0 Å². The average molecular weight is 227 g/mol.